The predicted octanol–water partition coefficient (Wildman–Crippen LogP) is 5.18. The van der Waals surface area contributed by atoms with E-state index in [9.17, 15) is 9.59 Å². The van der Waals surface area contributed by atoms with E-state index in [0.29, 0.717) is 17.9 Å². The summed E-state index contributed by atoms with van der Waals surface area (Å²) < 4.78 is 7.21. The lowest BCUT2D eigenvalue weighted by Crippen LogP contribution is -2.50. The molecule has 144 valence electrons. The highest BCUT2D eigenvalue weighted by Gasteiger charge is 2.54. The van der Waals surface area contributed by atoms with E-state index in [4.69, 9.17) is 4.42 Å². The van der Waals surface area contributed by atoms with Gasteiger partial charge in [0.1, 0.15) is 0 Å². The van der Waals surface area contributed by atoms with Crippen LogP contribution in [0.1, 0.15) is 75.1 Å². The normalized spacial score (nSPS) is 31.7. The molecule has 0 unspecified atom stereocenters. The number of aromatic nitrogens is 1. The van der Waals surface area contributed by atoms with Crippen molar-refractivity contribution >= 4 is 16.9 Å². The monoisotopic (exact) mass is 367 g/mol. The molecule has 0 amide bonds. The van der Waals surface area contributed by atoms with Crippen LogP contribution in [0.5, 0.6) is 0 Å². The number of oxazole rings is 1. The average Bonchev–Trinajstić information content (AvgIpc) is 2.95. The fraction of sp³-hybridized carbons (Fsp3) is 0.652. The van der Waals surface area contributed by atoms with Crippen LogP contribution in [-0.2, 0) is 6.54 Å². The number of Topliss-reactive ketones (excluding diaryl/α,β-unsaturated/α-hetero) is 1. The molecule has 0 saturated heterocycles. The van der Waals surface area contributed by atoms with Crippen molar-refractivity contribution in [3.05, 3.63) is 34.3 Å². The molecule has 1 aromatic heterocycles. The zero-order valence-corrected chi connectivity index (χ0v) is 16.2. The van der Waals surface area contributed by atoms with Crippen LogP contribution in [0.25, 0.3) is 11.1 Å². The molecular weight excluding hydrogens is 338 g/mol. The van der Waals surface area contributed by atoms with Gasteiger partial charge < -0.3 is 4.42 Å². The molecule has 4 fully saturated rings. The SMILES string of the molecule is CCCCCn1c(=O)oc2cc(C(=O)C34CC5CC(CC(C5)C3)C4)ccc21. The second-order valence-corrected chi connectivity index (χ2v) is 9.44. The number of hydrogen-bond donors (Lipinski definition) is 0. The largest absolute Gasteiger partial charge is 0.419 e. The summed E-state index contributed by atoms with van der Waals surface area (Å²) in [6.07, 6.45) is 10.4. The summed E-state index contributed by atoms with van der Waals surface area (Å²) in [5, 5.41) is 0. The number of carbonyl (C=O) groups excluding carboxylic acids is 1. The molecule has 4 bridgehead atoms. The predicted molar refractivity (Wildman–Crippen MR) is 105 cm³/mol. The zero-order chi connectivity index (χ0) is 18.6. The van der Waals surface area contributed by atoms with Gasteiger partial charge in [0.2, 0.25) is 0 Å². The van der Waals surface area contributed by atoms with E-state index in [2.05, 4.69) is 6.92 Å². The second kappa shape index (κ2) is 6.35. The van der Waals surface area contributed by atoms with Gasteiger partial charge in [-0.1, -0.05) is 19.8 Å². The molecule has 0 radical (unpaired) electrons. The molecule has 6 rings (SSSR count). The Kier molecular flexibility index (Phi) is 4.06. The Morgan fingerprint density at radius 3 is 2.41 bits per heavy atom. The summed E-state index contributed by atoms with van der Waals surface area (Å²) in [7, 11) is 0. The number of unbranched alkanes of at least 4 members (excludes halogenated alkanes) is 2. The van der Waals surface area contributed by atoms with Gasteiger partial charge in [-0.05, 0) is 80.9 Å². The summed E-state index contributed by atoms with van der Waals surface area (Å²) in [5.41, 5.74) is 1.97. The summed E-state index contributed by atoms with van der Waals surface area (Å²) in [6.45, 7) is 2.83. The second-order valence-electron chi connectivity index (χ2n) is 9.44. The number of rotatable bonds is 6. The smallest absolute Gasteiger partial charge is 0.408 e. The lowest BCUT2D eigenvalue weighted by Gasteiger charge is -2.55. The zero-order valence-electron chi connectivity index (χ0n) is 16.2. The first-order chi connectivity index (χ1) is 13.1. The first-order valence-electron chi connectivity index (χ1n) is 10.8. The van der Waals surface area contributed by atoms with E-state index in [0.717, 1.165) is 67.4 Å². The fourth-order valence-electron chi connectivity index (χ4n) is 6.63. The molecule has 4 saturated carbocycles. The molecule has 2 aromatic rings. The van der Waals surface area contributed by atoms with Crippen LogP contribution in [0.4, 0.5) is 0 Å². The Bertz CT molecular complexity index is 899. The van der Waals surface area contributed by atoms with Crippen LogP contribution in [0.2, 0.25) is 0 Å². The minimum absolute atomic E-state index is 0.146. The third-order valence-corrected chi connectivity index (χ3v) is 7.44. The molecule has 27 heavy (non-hydrogen) atoms. The Labute approximate surface area is 159 Å². The van der Waals surface area contributed by atoms with Crippen molar-refractivity contribution in [1.29, 1.82) is 0 Å². The molecule has 0 aliphatic heterocycles. The Morgan fingerprint density at radius 1 is 1.11 bits per heavy atom. The first kappa shape index (κ1) is 17.3. The highest BCUT2D eigenvalue weighted by atomic mass is 16.4. The molecule has 1 heterocycles. The van der Waals surface area contributed by atoms with Gasteiger partial charge in [0.05, 0.1) is 5.52 Å². The number of carbonyl (C=O) groups is 1. The molecule has 4 aliphatic carbocycles. The number of ketones is 1. The van der Waals surface area contributed by atoms with E-state index < -0.39 is 0 Å². The molecular formula is C23H29NO3. The minimum Gasteiger partial charge on any atom is -0.408 e. The molecule has 4 aliphatic rings. The maximum Gasteiger partial charge on any atom is 0.419 e. The van der Waals surface area contributed by atoms with E-state index in [1.807, 2.05) is 18.2 Å². The maximum atomic E-state index is 13.5. The lowest BCUT2D eigenvalue weighted by atomic mass is 9.48. The van der Waals surface area contributed by atoms with Gasteiger partial charge in [-0.2, -0.15) is 0 Å². The lowest BCUT2D eigenvalue weighted by molar-refractivity contribution is -0.0353. The molecule has 4 nitrogen and oxygen atoms in total. The summed E-state index contributed by atoms with van der Waals surface area (Å²) in [5.74, 6) is 2.25. The van der Waals surface area contributed by atoms with Crippen molar-refractivity contribution in [2.75, 3.05) is 0 Å². The van der Waals surface area contributed by atoms with Gasteiger partial charge in [-0.25, -0.2) is 4.79 Å². The highest BCUT2D eigenvalue weighted by Crippen LogP contribution is 2.61. The average molecular weight is 367 g/mol. The van der Waals surface area contributed by atoms with E-state index in [1.54, 1.807) is 4.57 Å². The third-order valence-electron chi connectivity index (χ3n) is 7.44. The van der Waals surface area contributed by atoms with Crippen molar-refractivity contribution < 1.29 is 9.21 Å². The van der Waals surface area contributed by atoms with Crippen molar-refractivity contribution in [1.82, 2.24) is 4.57 Å². The van der Waals surface area contributed by atoms with Crippen LogP contribution in [0, 0.1) is 23.2 Å². The topological polar surface area (TPSA) is 52.2 Å². The summed E-state index contributed by atoms with van der Waals surface area (Å²) in [6, 6.07) is 5.67. The third kappa shape index (κ3) is 2.79. The molecule has 0 atom stereocenters. The first-order valence-corrected chi connectivity index (χ1v) is 10.8. The van der Waals surface area contributed by atoms with Gasteiger partial charge in [0, 0.05) is 17.5 Å². The van der Waals surface area contributed by atoms with Crippen LogP contribution < -0.4 is 5.76 Å². The minimum atomic E-state index is -0.305. The molecule has 0 spiro atoms. The van der Waals surface area contributed by atoms with Crippen molar-refractivity contribution in [2.45, 2.75) is 71.3 Å². The fourth-order valence-corrected chi connectivity index (χ4v) is 6.63. The number of nitrogens with zero attached hydrogens (tertiary/aromatic N) is 1. The number of fused-ring (bicyclic) bond motifs is 1. The summed E-state index contributed by atoms with van der Waals surface area (Å²) in [4.78, 5) is 25.8. The van der Waals surface area contributed by atoms with Crippen LogP contribution in [0.15, 0.2) is 27.4 Å². The van der Waals surface area contributed by atoms with Crippen LogP contribution in [0.3, 0.4) is 0 Å². The molecule has 4 heteroatoms. The Hall–Kier alpha value is -1.84. The number of hydrogen-bond acceptors (Lipinski definition) is 3. The highest BCUT2D eigenvalue weighted by molar-refractivity contribution is 6.02. The Balaban J connectivity index is 1.45. The van der Waals surface area contributed by atoms with Gasteiger partial charge >= 0.3 is 5.76 Å². The van der Waals surface area contributed by atoms with E-state index in [-0.39, 0.29) is 11.2 Å². The molecule has 0 N–H and O–H groups in total. The van der Waals surface area contributed by atoms with E-state index in [1.165, 1.54) is 19.3 Å². The van der Waals surface area contributed by atoms with Crippen molar-refractivity contribution in [2.24, 2.45) is 23.2 Å². The number of aryl methyl sites for hydroxylation is 1. The quantitative estimate of drug-likeness (QED) is 0.522. The van der Waals surface area contributed by atoms with Crippen molar-refractivity contribution in [3.8, 4) is 0 Å². The van der Waals surface area contributed by atoms with Crippen molar-refractivity contribution in [3.63, 3.8) is 0 Å². The van der Waals surface area contributed by atoms with Crippen LogP contribution >= 0.6 is 0 Å². The van der Waals surface area contributed by atoms with Gasteiger partial charge in [-0.3, -0.25) is 9.36 Å². The molecule has 1 aromatic carbocycles. The standard InChI is InChI=1S/C23H29NO3/c1-2-3-4-7-24-19-6-5-18(11-20(19)27-22(24)26)21(25)23-12-15-8-16(13-23)10-17(9-15)14-23/h5-6,11,15-17H,2-4,7-10,12-14H2,1H3. The maximum absolute atomic E-state index is 13.5. The van der Waals surface area contributed by atoms with Gasteiger partial charge in [0.25, 0.3) is 0 Å². The van der Waals surface area contributed by atoms with Gasteiger partial charge in [-0.15, -0.1) is 0 Å². The Morgan fingerprint density at radius 2 is 1.78 bits per heavy atom. The summed E-state index contributed by atoms with van der Waals surface area (Å²) >= 11 is 0. The number of benzene rings is 1. The van der Waals surface area contributed by atoms with Crippen LogP contribution in [-0.4, -0.2) is 10.4 Å². The van der Waals surface area contributed by atoms with E-state index >= 15 is 0 Å². The van der Waals surface area contributed by atoms with Gasteiger partial charge in [0.15, 0.2) is 11.4 Å².